The monoisotopic (exact) mass is 322 g/mol. The zero-order chi connectivity index (χ0) is 17.1. The lowest BCUT2D eigenvalue weighted by Crippen LogP contribution is -2.29. The van der Waals surface area contributed by atoms with E-state index in [2.05, 4.69) is 12.1 Å². The van der Waals surface area contributed by atoms with Crippen LogP contribution in [0.25, 0.3) is 12.2 Å². The highest BCUT2D eigenvalue weighted by Crippen LogP contribution is 2.45. The van der Waals surface area contributed by atoms with Gasteiger partial charge in [0.1, 0.15) is 0 Å². The molecule has 120 valence electrons. The molecule has 0 bridgehead atoms. The Balaban J connectivity index is 1.77. The fraction of sp³-hybridized carbons (Fsp3) is 0.0417. The lowest BCUT2D eigenvalue weighted by molar-refractivity contribution is -0.114. The Morgan fingerprint density at radius 1 is 0.560 bits per heavy atom. The largest absolute Gasteiger partial charge is 0.289 e. The van der Waals surface area contributed by atoms with Gasteiger partial charge in [-0.05, 0) is 28.8 Å². The summed E-state index contributed by atoms with van der Waals surface area (Å²) in [6.45, 7) is 0. The molecule has 0 aliphatic heterocycles. The molecule has 0 saturated heterocycles. The van der Waals surface area contributed by atoms with E-state index < -0.39 is 0 Å². The van der Waals surface area contributed by atoms with Gasteiger partial charge in [0, 0.05) is 17.1 Å². The summed E-state index contributed by atoms with van der Waals surface area (Å²) in [5.41, 5.74) is 5.00. The molecule has 25 heavy (non-hydrogen) atoms. The zero-order valence-electron chi connectivity index (χ0n) is 13.8. The van der Waals surface area contributed by atoms with Crippen molar-refractivity contribution in [2.75, 3.05) is 0 Å². The molecule has 0 atom stereocenters. The molecule has 3 aromatic carbocycles. The number of Topliss-reactive ketones (excluding diaryl/α,β-unsaturated/α-hetero) is 1. The topological polar surface area (TPSA) is 17.1 Å². The Hall–Kier alpha value is -3.19. The van der Waals surface area contributed by atoms with Crippen LogP contribution in [0.1, 0.15) is 22.6 Å². The molecule has 1 heteroatoms. The number of carbonyl (C=O) groups is 1. The minimum absolute atomic E-state index is 0.0362. The molecule has 0 aromatic heterocycles. The molecule has 4 rings (SSSR count). The first kappa shape index (κ1) is 15.3. The molecular formula is C24H18O. The summed E-state index contributed by atoms with van der Waals surface area (Å²) >= 11 is 0. The van der Waals surface area contributed by atoms with Gasteiger partial charge in [0.15, 0.2) is 5.78 Å². The van der Waals surface area contributed by atoms with Gasteiger partial charge in [0.2, 0.25) is 0 Å². The third-order valence-electron chi connectivity index (χ3n) is 4.52. The standard InChI is InChI=1S/C24H18O/c25-24-21(16-18-10-4-1-5-11-18)23(20-14-8-3-9-15-20)22(24)17-19-12-6-2-7-13-19/h1-17,23H. The second-order valence-corrected chi connectivity index (χ2v) is 6.19. The Morgan fingerprint density at radius 3 is 1.40 bits per heavy atom. The maximum Gasteiger partial charge on any atom is 0.186 e. The fourth-order valence-corrected chi connectivity index (χ4v) is 3.28. The van der Waals surface area contributed by atoms with Crippen LogP contribution < -0.4 is 0 Å². The number of allylic oxidation sites excluding steroid dienone is 2. The van der Waals surface area contributed by atoms with E-state index in [1.807, 2.05) is 91.0 Å². The molecule has 0 heterocycles. The van der Waals surface area contributed by atoms with Crippen molar-refractivity contribution in [3.63, 3.8) is 0 Å². The molecule has 1 nitrogen and oxygen atoms in total. The van der Waals surface area contributed by atoms with E-state index in [0.717, 1.165) is 27.8 Å². The van der Waals surface area contributed by atoms with Crippen LogP contribution in [0.15, 0.2) is 102 Å². The summed E-state index contributed by atoms with van der Waals surface area (Å²) in [5.74, 6) is 0.177. The van der Waals surface area contributed by atoms with Crippen LogP contribution in [-0.4, -0.2) is 5.78 Å². The number of ketones is 1. The molecule has 1 aliphatic carbocycles. The van der Waals surface area contributed by atoms with Crippen LogP contribution in [0.5, 0.6) is 0 Å². The molecule has 0 amide bonds. The second kappa shape index (κ2) is 6.74. The van der Waals surface area contributed by atoms with Gasteiger partial charge in [-0.1, -0.05) is 91.0 Å². The molecule has 0 unspecified atom stereocenters. The normalized spacial score (nSPS) is 19.8. The maximum atomic E-state index is 12.8. The Kier molecular flexibility index (Phi) is 4.14. The average Bonchev–Trinajstić information content (AvgIpc) is 2.69. The molecule has 0 spiro atoms. The molecule has 0 N–H and O–H groups in total. The summed E-state index contributed by atoms with van der Waals surface area (Å²) in [5, 5.41) is 0. The number of carbonyl (C=O) groups excluding carboxylic acids is 1. The first-order chi connectivity index (χ1) is 12.3. The predicted octanol–water partition coefficient (Wildman–Crippen LogP) is 5.52. The fourth-order valence-electron chi connectivity index (χ4n) is 3.28. The summed E-state index contributed by atoms with van der Waals surface area (Å²) in [7, 11) is 0. The van der Waals surface area contributed by atoms with Crippen molar-refractivity contribution in [1.82, 2.24) is 0 Å². The third-order valence-corrected chi connectivity index (χ3v) is 4.52. The van der Waals surface area contributed by atoms with Crippen LogP contribution in [0.2, 0.25) is 0 Å². The highest BCUT2D eigenvalue weighted by molar-refractivity contribution is 6.23. The molecule has 1 saturated carbocycles. The van der Waals surface area contributed by atoms with Gasteiger partial charge in [-0.25, -0.2) is 0 Å². The molecule has 1 aliphatic rings. The Morgan fingerprint density at radius 2 is 0.960 bits per heavy atom. The van der Waals surface area contributed by atoms with Gasteiger partial charge in [-0.15, -0.1) is 0 Å². The predicted molar refractivity (Wildman–Crippen MR) is 103 cm³/mol. The quantitative estimate of drug-likeness (QED) is 0.580. The molecule has 0 radical (unpaired) electrons. The smallest absolute Gasteiger partial charge is 0.186 e. The first-order valence-corrected chi connectivity index (χ1v) is 8.46. The summed E-state index contributed by atoms with van der Waals surface area (Å²) in [4.78, 5) is 12.8. The van der Waals surface area contributed by atoms with Crippen molar-refractivity contribution in [3.05, 3.63) is 119 Å². The second-order valence-electron chi connectivity index (χ2n) is 6.19. The van der Waals surface area contributed by atoms with E-state index in [-0.39, 0.29) is 11.7 Å². The first-order valence-electron chi connectivity index (χ1n) is 8.46. The highest BCUT2D eigenvalue weighted by Gasteiger charge is 2.40. The minimum Gasteiger partial charge on any atom is -0.289 e. The zero-order valence-corrected chi connectivity index (χ0v) is 13.8. The van der Waals surface area contributed by atoms with Crippen molar-refractivity contribution >= 4 is 17.9 Å². The number of benzene rings is 3. The van der Waals surface area contributed by atoms with Crippen LogP contribution in [0.3, 0.4) is 0 Å². The van der Waals surface area contributed by atoms with Gasteiger partial charge < -0.3 is 0 Å². The molecule has 1 fully saturated rings. The van der Waals surface area contributed by atoms with Gasteiger partial charge >= 0.3 is 0 Å². The van der Waals surface area contributed by atoms with Gasteiger partial charge in [-0.3, -0.25) is 4.79 Å². The van der Waals surface area contributed by atoms with Crippen molar-refractivity contribution in [2.24, 2.45) is 0 Å². The van der Waals surface area contributed by atoms with E-state index in [0.29, 0.717) is 0 Å². The van der Waals surface area contributed by atoms with Gasteiger partial charge in [-0.2, -0.15) is 0 Å². The SMILES string of the molecule is O=C1C(=Cc2ccccc2)C(c2ccccc2)C1=Cc1ccccc1. The number of hydrogen-bond acceptors (Lipinski definition) is 1. The van der Waals surface area contributed by atoms with Gasteiger partial charge in [0.25, 0.3) is 0 Å². The van der Waals surface area contributed by atoms with Crippen molar-refractivity contribution in [2.45, 2.75) is 5.92 Å². The van der Waals surface area contributed by atoms with Crippen LogP contribution in [0, 0.1) is 0 Å². The highest BCUT2D eigenvalue weighted by atomic mass is 16.1. The number of rotatable bonds is 3. The lowest BCUT2D eigenvalue weighted by Gasteiger charge is -2.32. The average molecular weight is 322 g/mol. The van der Waals surface area contributed by atoms with Gasteiger partial charge in [0.05, 0.1) is 0 Å². The van der Waals surface area contributed by atoms with Crippen molar-refractivity contribution in [1.29, 1.82) is 0 Å². The van der Waals surface area contributed by atoms with Crippen LogP contribution in [-0.2, 0) is 4.79 Å². The number of hydrogen-bond donors (Lipinski definition) is 0. The molecular weight excluding hydrogens is 304 g/mol. The van der Waals surface area contributed by atoms with E-state index in [4.69, 9.17) is 0 Å². The Labute approximate surface area is 148 Å². The Bertz CT molecular complexity index is 876. The van der Waals surface area contributed by atoms with E-state index in [9.17, 15) is 4.79 Å². The maximum absolute atomic E-state index is 12.8. The van der Waals surface area contributed by atoms with E-state index in [1.54, 1.807) is 0 Å². The van der Waals surface area contributed by atoms with Crippen molar-refractivity contribution < 1.29 is 4.79 Å². The summed E-state index contributed by atoms with van der Waals surface area (Å²) in [6, 6.07) is 30.3. The lowest BCUT2D eigenvalue weighted by atomic mass is 9.68. The summed E-state index contributed by atoms with van der Waals surface area (Å²) < 4.78 is 0. The van der Waals surface area contributed by atoms with Crippen LogP contribution in [0.4, 0.5) is 0 Å². The third kappa shape index (κ3) is 3.09. The minimum atomic E-state index is 0.0362. The molecule has 3 aromatic rings. The van der Waals surface area contributed by atoms with Crippen molar-refractivity contribution in [3.8, 4) is 0 Å². The van der Waals surface area contributed by atoms with Crippen LogP contribution >= 0.6 is 0 Å². The van der Waals surface area contributed by atoms with E-state index in [1.165, 1.54) is 0 Å². The van der Waals surface area contributed by atoms with E-state index >= 15 is 0 Å². The summed E-state index contributed by atoms with van der Waals surface area (Å²) in [6.07, 6.45) is 4.03.